The van der Waals surface area contributed by atoms with Crippen molar-refractivity contribution in [1.29, 1.82) is 0 Å². The van der Waals surface area contributed by atoms with Gasteiger partial charge in [-0.25, -0.2) is 4.79 Å². The van der Waals surface area contributed by atoms with Crippen LogP contribution in [0.5, 0.6) is 11.5 Å². The molecule has 6 nitrogen and oxygen atoms in total. The molecule has 0 aromatic heterocycles. The number of esters is 1. The zero-order valence-corrected chi connectivity index (χ0v) is 15.4. The van der Waals surface area contributed by atoms with Crippen molar-refractivity contribution in [3.05, 3.63) is 53.6 Å². The maximum Gasteiger partial charge on any atom is 0.342 e. The fourth-order valence-electron chi connectivity index (χ4n) is 2.31. The molecular weight excluding hydrogens is 334 g/mol. The van der Waals surface area contributed by atoms with Crippen molar-refractivity contribution in [2.45, 2.75) is 26.4 Å². The highest BCUT2D eigenvalue weighted by Crippen LogP contribution is 2.25. The molecule has 0 fully saturated rings. The molecule has 0 aliphatic rings. The van der Waals surface area contributed by atoms with Crippen LogP contribution in [0.15, 0.2) is 42.5 Å². The van der Waals surface area contributed by atoms with E-state index in [4.69, 9.17) is 14.2 Å². The number of hydrogen-bond acceptors (Lipinski definition) is 5. The summed E-state index contributed by atoms with van der Waals surface area (Å²) in [4.78, 5) is 24.6. The summed E-state index contributed by atoms with van der Waals surface area (Å²) in [5.74, 6) is -0.180. The van der Waals surface area contributed by atoms with Gasteiger partial charge in [-0.3, -0.25) is 4.79 Å². The number of hydrogen-bond donors (Lipinski definition) is 1. The minimum absolute atomic E-state index is 0.222. The van der Waals surface area contributed by atoms with Gasteiger partial charge in [0.2, 0.25) is 0 Å². The second-order valence-corrected chi connectivity index (χ2v) is 5.65. The Morgan fingerprint density at radius 3 is 2.31 bits per heavy atom. The van der Waals surface area contributed by atoms with Crippen molar-refractivity contribution in [3.63, 3.8) is 0 Å². The molecule has 0 unspecified atom stereocenters. The summed E-state index contributed by atoms with van der Waals surface area (Å²) in [5.41, 5.74) is 2.05. The van der Waals surface area contributed by atoms with Crippen LogP contribution >= 0.6 is 0 Å². The fraction of sp³-hybridized carbons (Fsp3) is 0.300. The van der Waals surface area contributed by atoms with E-state index >= 15 is 0 Å². The number of aryl methyl sites for hydroxylation is 1. The van der Waals surface area contributed by atoms with E-state index in [1.807, 2.05) is 24.3 Å². The molecule has 2 rings (SSSR count). The van der Waals surface area contributed by atoms with Gasteiger partial charge in [-0.15, -0.1) is 0 Å². The highest BCUT2D eigenvalue weighted by molar-refractivity contribution is 5.98. The van der Waals surface area contributed by atoms with E-state index in [-0.39, 0.29) is 5.56 Å². The summed E-state index contributed by atoms with van der Waals surface area (Å²) in [5, 5.41) is 2.73. The molecule has 1 atom stereocenters. The lowest BCUT2D eigenvalue weighted by atomic mass is 10.1. The summed E-state index contributed by atoms with van der Waals surface area (Å²) in [6.07, 6.45) is -0.0356. The Labute approximate surface area is 153 Å². The van der Waals surface area contributed by atoms with Crippen molar-refractivity contribution in [2.24, 2.45) is 0 Å². The standard InChI is InChI=1S/C20H23NO5/c1-5-14-6-8-15(9-7-14)21-19(22)13(2)26-20(23)17-11-10-16(24-3)12-18(17)25-4/h6-13H,5H2,1-4H3,(H,21,22)/t13-/m1/s1. The summed E-state index contributed by atoms with van der Waals surface area (Å²) in [6.45, 7) is 3.58. The van der Waals surface area contributed by atoms with E-state index in [0.717, 1.165) is 6.42 Å². The van der Waals surface area contributed by atoms with E-state index in [2.05, 4.69) is 12.2 Å². The lowest BCUT2D eigenvalue weighted by Gasteiger charge is -2.15. The summed E-state index contributed by atoms with van der Waals surface area (Å²) in [7, 11) is 2.97. The highest BCUT2D eigenvalue weighted by Gasteiger charge is 2.22. The molecule has 0 aliphatic carbocycles. The van der Waals surface area contributed by atoms with Crippen molar-refractivity contribution >= 4 is 17.6 Å². The summed E-state index contributed by atoms with van der Waals surface area (Å²) >= 11 is 0. The van der Waals surface area contributed by atoms with Gasteiger partial charge in [0.25, 0.3) is 5.91 Å². The first-order valence-electron chi connectivity index (χ1n) is 8.31. The van der Waals surface area contributed by atoms with Crippen molar-refractivity contribution < 1.29 is 23.8 Å². The Morgan fingerprint density at radius 2 is 1.73 bits per heavy atom. The van der Waals surface area contributed by atoms with E-state index in [1.165, 1.54) is 32.8 Å². The number of ether oxygens (including phenoxy) is 3. The van der Waals surface area contributed by atoms with Crippen LogP contribution in [0.1, 0.15) is 29.8 Å². The van der Waals surface area contributed by atoms with E-state index < -0.39 is 18.0 Å². The number of rotatable bonds is 7. The van der Waals surface area contributed by atoms with Crippen molar-refractivity contribution in [3.8, 4) is 11.5 Å². The third-order valence-corrected chi connectivity index (χ3v) is 3.91. The van der Waals surface area contributed by atoms with Gasteiger partial charge in [0.15, 0.2) is 6.10 Å². The Bertz CT molecular complexity index is 770. The van der Waals surface area contributed by atoms with Gasteiger partial charge >= 0.3 is 5.97 Å². The molecule has 1 N–H and O–H groups in total. The lowest BCUT2D eigenvalue weighted by Crippen LogP contribution is -2.30. The third-order valence-electron chi connectivity index (χ3n) is 3.91. The smallest absolute Gasteiger partial charge is 0.342 e. The van der Waals surface area contributed by atoms with E-state index in [0.29, 0.717) is 17.2 Å². The van der Waals surface area contributed by atoms with Gasteiger partial charge in [0.05, 0.1) is 14.2 Å². The minimum Gasteiger partial charge on any atom is -0.497 e. The molecule has 6 heteroatoms. The number of amides is 1. The molecule has 0 radical (unpaired) electrons. The van der Waals surface area contributed by atoms with Crippen molar-refractivity contribution in [1.82, 2.24) is 0 Å². The lowest BCUT2D eigenvalue weighted by molar-refractivity contribution is -0.123. The third kappa shape index (κ3) is 4.75. The maximum atomic E-state index is 12.4. The molecule has 0 spiro atoms. The zero-order valence-electron chi connectivity index (χ0n) is 15.4. The van der Waals surface area contributed by atoms with Crippen LogP contribution in [-0.4, -0.2) is 32.2 Å². The van der Waals surface area contributed by atoms with Gasteiger partial charge < -0.3 is 19.5 Å². The summed E-state index contributed by atoms with van der Waals surface area (Å²) < 4.78 is 15.5. The van der Waals surface area contributed by atoms with E-state index in [1.54, 1.807) is 12.1 Å². The highest BCUT2D eigenvalue weighted by atomic mass is 16.5. The molecule has 0 bridgehead atoms. The first kappa shape index (κ1) is 19.3. The predicted octanol–water partition coefficient (Wildman–Crippen LogP) is 3.45. The molecule has 0 aliphatic heterocycles. The molecular formula is C20H23NO5. The number of carbonyl (C=O) groups is 2. The zero-order chi connectivity index (χ0) is 19.1. The number of methoxy groups -OCH3 is 2. The molecule has 2 aromatic carbocycles. The monoisotopic (exact) mass is 357 g/mol. The molecule has 2 aromatic rings. The quantitative estimate of drug-likeness (QED) is 0.768. The fourth-order valence-corrected chi connectivity index (χ4v) is 2.31. The number of anilines is 1. The van der Waals surface area contributed by atoms with Crippen LogP contribution < -0.4 is 14.8 Å². The Kier molecular flexibility index (Phi) is 6.60. The average molecular weight is 357 g/mol. The number of carbonyl (C=O) groups excluding carboxylic acids is 2. The van der Waals surface area contributed by atoms with Crippen LogP contribution in [0, 0.1) is 0 Å². The topological polar surface area (TPSA) is 73.9 Å². The van der Waals surface area contributed by atoms with Crippen LogP contribution in [-0.2, 0) is 16.0 Å². The molecule has 0 heterocycles. The van der Waals surface area contributed by atoms with Gasteiger partial charge in [-0.2, -0.15) is 0 Å². The number of nitrogens with one attached hydrogen (secondary N) is 1. The molecule has 138 valence electrons. The SMILES string of the molecule is CCc1ccc(NC(=O)[C@@H](C)OC(=O)c2ccc(OC)cc2OC)cc1. The molecule has 0 saturated heterocycles. The number of benzene rings is 2. The normalized spacial score (nSPS) is 11.4. The second kappa shape index (κ2) is 8.89. The van der Waals surface area contributed by atoms with Gasteiger partial charge in [0.1, 0.15) is 17.1 Å². The summed E-state index contributed by atoms with van der Waals surface area (Å²) in [6, 6.07) is 12.3. The van der Waals surface area contributed by atoms with Gasteiger partial charge in [-0.1, -0.05) is 19.1 Å². The Balaban J connectivity index is 2.02. The maximum absolute atomic E-state index is 12.4. The van der Waals surface area contributed by atoms with Crippen LogP contribution in [0.25, 0.3) is 0 Å². The second-order valence-electron chi connectivity index (χ2n) is 5.65. The average Bonchev–Trinajstić information content (AvgIpc) is 2.67. The molecule has 1 amide bonds. The predicted molar refractivity (Wildman–Crippen MR) is 98.9 cm³/mol. The van der Waals surface area contributed by atoms with Gasteiger partial charge in [0, 0.05) is 11.8 Å². The molecule has 26 heavy (non-hydrogen) atoms. The van der Waals surface area contributed by atoms with Crippen LogP contribution in [0.3, 0.4) is 0 Å². The Hall–Kier alpha value is -3.02. The van der Waals surface area contributed by atoms with E-state index in [9.17, 15) is 9.59 Å². The largest absolute Gasteiger partial charge is 0.497 e. The van der Waals surface area contributed by atoms with Gasteiger partial charge in [-0.05, 0) is 43.2 Å². The van der Waals surface area contributed by atoms with Crippen LogP contribution in [0.2, 0.25) is 0 Å². The Morgan fingerprint density at radius 1 is 1.04 bits per heavy atom. The van der Waals surface area contributed by atoms with Crippen LogP contribution in [0.4, 0.5) is 5.69 Å². The first-order valence-corrected chi connectivity index (χ1v) is 8.31. The minimum atomic E-state index is -0.958. The first-order chi connectivity index (χ1) is 12.5. The van der Waals surface area contributed by atoms with Crippen molar-refractivity contribution in [2.75, 3.05) is 19.5 Å². The molecule has 0 saturated carbocycles.